The Kier molecular flexibility index (Phi) is 3.79. The van der Waals surface area contributed by atoms with E-state index in [0.717, 1.165) is 6.20 Å². The zero-order valence-electron chi connectivity index (χ0n) is 10.0. The topological polar surface area (TPSA) is 12.9 Å². The summed E-state index contributed by atoms with van der Waals surface area (Å²) in [5.74, 6) is -0.962. The molecule has 0 N–H and O–H groups in total. The predicted octanol–water partition coefficient (Wildman–Crippen LogP) is 4.32. The summed E-state index contributed by atoms with van der Waals surface area (Å²) in [6.07, 6.45) is -2.69. The molecule has 0 aliphatic rings. The lowest BCUT2D eigenvalue weighted by atomic mass is 9.79. The maximum absolute atomic E-state index is 12.9. The first-order valence-corrected chi connectivity index (χ1v) is 5.48. The van der Waals surface area contributed by atoms with Crippen LogP contribution in [0.2, 0.25) is 0 Å². The zero-order chi connectivity index (χ0) is 13.3. The van der Waals surface area contributed by atoms with E-state index in [1.54, 1.807) is 20.8 Å². The Morgan fingerprint density at radius 2 is 1.71 bits per heavy atom. The fraction of sp³-hybridized carbons (Fsp3) is 0.583. The van der Waals surface area contributed by atoms with E-state index in [4.69, 9.17) is 0 Å². The molecule has 0 radical (unpaired) electrons. The Hall–Kier alpha value is -1.13. The van der Waals surface area contributed by atoms with Crippen LogP contribution in [0.15, 0.2) is 12.3 Å². The summed E-state index contributed by atoms with van der Waals surface area (Å²) >= 11 is 0. The average molecular weight is 249 g/mol. The molecule has 1 nitrogen and oxygen atoms in total. The van der Waals surface area contributed by atoms with Crippen molar-refractivity contribution in [3.05, 3.63) is 29.3 Å². The molecule has 0 amide bonds. The maximum Gasteiger partial charge on any atom is 0.418 e. The van der Waals surface area contributed by atoms with Gasteiger partial charge in [-0.25, -0.2) is 4.39 Å². The summed E-state index contributed by atoms with van der Waals surface area (Å²) in [7, 11) is 0. The van der Waals surface area contributed by atoms with E-state index in [9.17, 15) is 17.6 Å². The van der Waals surface area contributed by atoms with Gasteiger partial charge in [-0.3, -0.25) is 4.98 Å². The highest BCUT2D eigenvalue weighted by atomic mass is 19.4. The quantitative estimate of drug-likeness (QED) is 0.727. The van der Waals surface area contributed by atoms with Crippen molar-refractivity contribution < 1.29 is 17.6 Å². The molecule has 0 aliphatic carbocycles. The van der Waals surface area contributed by atoms with Gasteiger partial charge in [-0.1, -0.05) is 20.8 Å². The second-order valence-electron chi connectivity index (χ2n) is 4.32. The molecule has 0 unspecified atom stereocenters. The van der Waals surface area contributed by atoms with E-state index in [1.165, 1.54) is 0 Å². The van der Waals surface area contributed by atoms with Gasteiger partial charge in [-0.2, -0.15) is 13.2 Å². The van der Waals surface area contributed by atoms with Gasteiger partial charge in [0.15, 0.2) is 0 Å². The van der Waals surface area contributed by atoms with Crippen LogP contribution in [0, 0.1) is 5.82 Å². The number of rotatable bonds is 3. The van der Waals surface area contributed by atoms with Crippen LogP contribution in [0.1, 0.15) is 44.9 Å². The largest absolute Gasteiger partial charge is 0.418 e. The van der Waals surface area contributed by atoms with Crippen LogP contribution in [-0.4, -0.2) is 4.98 Å². The second kappa shape index (κ2) is 4.63. The molecule has 96 valence electrons. The number of alkyl halides is 3. The van der Waals surface area contributed by atoms with E-state index in [0.29, 0.717) is 18.9 Å². The number of hydrogen-bond acceptors (Lipinski definition) is 1. The van der Waals surface area contributed by atoms with Crippen LogP contribution in [0.4, 0.5) is 17.6 Å². The van der Waals surface area contributed by atoms with Gasteiger partial charge in [0, 0.05) is 5.41 Å². The first kappa shape index (κ1) is 13.9. The molecule has 0 aromatic carbocycles. The third kappa shape index (κ3) is 2.76. The van der Waals surface area contributed by atoms with Gasteiger partial charge >= 0.3 is 6.18 Å². The minimum atomic E-state index is -4.57. The molecule has 1 heterocycles. The molecule has 1 aromatic rings. The lowest BCUT2D eigenvalue weighted by Crippen LogP contribution is -2.26. The normalized spacial score (nSPS) is 12.9. The van der Waals surface area contributed by atoms with Gasteiger partial charge in [0.25, 0.3) is 0 Å². The SMILES string of the molecule is CCC(C)(CC)c1ncc(F)cc1C(F)(F)F. The minimum absolute atomic E-state index is 0.0728. The monoisotopic (exact) mass is 249 g/mol. The highest BCUT2D eigenvalue weighted by molar-refractivity contribution is 5.30. The van der Waals surface area contributed by atoms with Gasteiger partial charge in [0.05, 0.1) is 17.5 Å². The van der Waals surface area contributed by atoms with Crippen LogP contribution in [0.25, 0.3) is 0 Å². The van der Waals surface area contributed by atoms with Crippen molar-refractivity contribution in [1.29, 1.82) is 0 Å². The Bertz CT molecular complexity index is 394. The fourth-order valence-corrected chi connectivity index (χ4v) is 1.72. The van der Waals surface area contributed by atoms with E-state index < -0.39 is 23.0 Å². The first-order valence-electron chi connectivity index (χ1n) is 5.48. The molecule has 0 spiro atoms. The Morgan fingerprint density at radius 3 is 2.12 bits per heavy atom. The van der Waals surface area contributed by atoms with Gasteiger partial charge in [-0.05, 0) is 18.9 Å². The highest BCUT2D eigenvalue weighted by Gasteiger charge is 2.39. The smallest absolute Gasteiger partial charge is 0.257 e. The molecule has 1 aromatic heterocycles. The molecule has 0 bridgehead atoms. The molecule has 17 heavy (non-hydrogen) atoms. The van der Waals surface area contributed by atoms with Gasteiger partial charge in [0.2, 0.25) is 0 Å². The average Bonchev–Trinajstić information content (AvgIpc) is 2.27. The number of nitrogens with zero attached hydrogens (tertiary/aromatic N) is 1. The molecular weight excluding hydrogens is 234 g/mol. The summed E-state index contributed by atoms with van der Waals surface area (Å²) in [4.78, 5) is 3.66. The van der Waals surface area contributed by atoms with Gasteiger partial charge < -0.3 is 0 Å². The molecule has 0 fully saturated rings. The molecular formula is C12H15F4N. The standard InChI is InChI=1S/C12H15F4N/c1-4-11(3,5-2)10-9(12(14,15)16)6-8(13)7-17-10/h6-7H,4-5H2,1-3H3. The number of aromatic nitrogens is 1. The van der Waals surface area contributed by atoms with Crippen LogP contribution in [0.5, 0.6) is 0 Å². The molecule has 0 aliphatic heterocycles. The summed E-state index contributed by atoms with van der Waals surface area (Å²) in [6, 6.07) is 0.520. The number of halogens is 4. The first-order chi connectivity index (χ1) is 7.74. The van der Waals surface area contributed by atoms with Gasteiger partial charge in [-0.15, -0.1) is 0 Å². The van der Waals surface area contributed by atoms with Crippen LogP contribution >= 0.6 is 0 Å². The minimum Gasteiger partial charge on any atom is -0.257 e. The Morgan fingerprint density at radius 1 is 1.18 bits per heavy atom. The van der Waals surface area contributed by atoms with Crippen molar-refractivity contribution in [2.24, 2.45) is 0 Å². The lowest BCUT2D eigenvalue weighted by molar-refractivity contribution is -0.139. The molecule has 5 heteroatoms. The van der Waals surface area contributed by atoms with Crippen LogP contribution in [0.3, 0.4) is 0 Å². The summed E-state index contributed by atoms with van der Waals surface area (Å²) < 4.78 is 51.4. The molecule has 0 saturated heterocycles. The third-order valence-corrected chi connectivity index (χ3v) is 3.29. The van der Waals surface area contributed by atoms with Crippen LogP contribution in [-0.2, 0) is 11.6 Å². The fourth-order valence-electron chi connectivity index (χ4n) is 1.72. The van der Waals surface area contributed by atoms with E-state index >= 15 is 0 Å². The molecule has 1 rings (SSSR count). The Labute approximate surface area is 97.9 Å². The molecule has 0 saturated carbocycles. The molecule has 0 atom stereocenters. The van der Waals surface area contributed by atoms with Crippen molar-refractivity contribution in [2.45, 2.75) is 45.2 Å². The van der Waals surface area contributed by atoms with Crippen molar-refractivity contribution in [2.75, 3.05) is 0 Å². The summed E-state index contributed by atoms with van der Waals surface area (Å²) in [5.41, 5.74) is -1.72. The number of pyridine rings is 1. The summed E-state index contributed by atoms with van der Waals surface area (Å²) in [5, 5.41) is 0. The lowest BCUT2D eigenvalue weighted by Gasteiger charge is -2.28. The number of hydrogen-bond donors (Lipinski definition) is 0. The van der Waals surface area contributed by atoms with E-state index in [2.05, 4.69) is 4.98 Å². The summed E-state index contributed by atoms with van der Waals surface area (Å²) in [6.45, 7) is 5.31. The van der Waals surface area contributed by atoms with Crippen molar-refractivity contribution in [3.63, 3.8) is 0 Å². The van der Waals surface area contributed by atoms with Crippen molar-refractivity contribution in [3.8, 4) is 0 Å². The Balaban J connectivity index is 3.43. The third-order valence-electron chi connectivity index (χ3n) is 3.29. The van der Waals surface area contributed by atoms with Crippen molar-refractivity contribution in [1.82, 2.24) is 4.98 Å². The predicted molar refractivity (Wildman–Crippen MR) is 57.1 cm³/mol. The highest BCUT2D eigenvalue weighted by Crippen LogP contribution is 2.39. The van der Waals surface area contributed by atoms with Crippen LogP contribution < -0.4 is 0 Å². The van der Waals surface area contributed by atoms with E-state index in [-0.39, 0.29) is 5.69 Å². The van der Waals surface area contributed by atoms with Gasteiger partial charge in [0.1, 0.15) is 5.82 Å². The zero-order valence-corrected chi connectivity index (χ0v) is 10.0. The van der Waals surface area contributed by atoms with Crippen molar-refractivity contribution >= 4 is 0 Å². The second-order valence-corrected chi connectivity index (χ2v) is 4.32. The maximum atomic E-state index is 12.9. The van der Waals surface area contributed by atoms with E-state index in [1.807, 2.05) is 0 Å².